The van der Waals surface area contributed by atoms with Gasteiger partial charge in [0.2, 0.25) is 0 Å². The molecule has 5 heteroatoms. The van der Waals surface area contributed by atoms with Crippen molar-refractivity contribution in [1.29, 1.82) is 0 Å². The van der Waals surface area contributed by atoms with Crippen molar-refractivity contribution in [2.75, 3.05) is 13.1 Å². The van der Waals surface area contributed by atoms with Gasteiger partial charge in [0.05, 0.1) is 6.54 Å². The van der Waals surface area contributed by atoms with Crippen molar-refractivity contribution < 1.29 is 4.79 Å². The summed E-state index contributed by atoms with van der Waals surface area (Å²) >= 11 is 3.46. The Morgan fingerprint density at radius 1 is 1.25 bits per heavy atom. The van der Waals surface area contributed by atoms with Gasteiger partial charge < -0.3 is 9.47 Å². The number of nitrogens with zero attached hydrogens (tertiary/aromatic N) is 2. The number of nitrogens with one attached hydrogen (secondary N) is 1. The summed E-state index contributed by atoms with van der Waals surface area (Å²) in [6.07, 6.45) is 1.98. The standard InChI is InChI=1S/C15H14BrN3O/c16-12-8-13-14(20)19-7-6-17-15(19,10-18(13)9-12)11-4-2-1-3-5-11/h1-5,8-9,17H,6-7,10H2. The van der Waals surface area contributed by atoms with Gasteiger partial charge in [0.25, 0.3) is 5.91 Å². The lowest BCUT2D eigenvalue weighted by molar-refractivity contribution is 0.0398. The van der Waals surface area contributed by atoms with Crippen LogP contribution in [-0.2, 0) is 12.2 Å². The summed E-state index contributed by atoms with van der Waals surface area (Å²) < 4.78 is 2.99. The third-order valence-corrected chi connectivity index (χ3v) is 4.63. The van der Waals surface area contributed by atoms with E-state index in [1.165, 1.54) is 0 Å². The molecule has 1 fully saturated rings. The van der Waals surface area contributed by atoms with E-state index in [-0.39, 0.29) is 5.91 Å². The van der Waals surface area contributed by atoms with Gasteiger partial charge in [0.1, 0.15) is 11.4 Å². The summed E-state index contributed by atoms with van der Waals surface area (Å²) in [4.78, 5) is 14.7. The molecule has 4 rings (SSSR count). The molecule has 1 N–H and O–H groups in total. The summed E-state index contributed by atoms with van der Waals surface area (Å²) in [6, 6.07) is 12.1. The van der Waals surface area contributed by atoms with Crippen LogP contribution >= 0.6 is 15.9 Å². The molecule has 20 heavy (non-hydrogen) atoms. The minimum Gasteiger partial charge on any atom is -0.338 e. The molecule has 1 aromatic heterocycles. The van der Waals surface area contributed by atoms with Gasteiger partial charge in [-0.2, -0.15) is 0 Å². The van der Waals surface area contributed by atoms with Crippen molar-refractivity contribution in [2.24, 2.45) is 0 Å². The second-order valence-electron chi connectivity index (χ2n) is 5.28. The first-order valence-corrected chi connectivity index (χ1v) is 7.48. The average molecular weight is 332 g/mol. The van der Waals surface area contributed by atoms with E-state index in [2.05, 4.69) is 33.4 Å². The Morgan fingerprint density at radius 3 is 2.85 bits per heavy atom. The number of halogens is 1. The fourth-order valence-corrected chi connectivity index (χ4v) is 3.77. The molecular weight excluding hydrogens is 318 g/mol. The van der Waals surface area contributed by atoms with E-state index in [1.54, 1.807) is 0 Å². The molecule has 1 saturated heterocycles. The Kier molecular flexibility index (Phi) is 2.56. The number of carbonyl (C=O) groups excluding carboxylic acids is 1. The molecule has 3 heterocycles. The molecule has 1 atom stereocenters. The van der Waals surface area contributed by atoms with Crippen molar-refractivity contribution in [1.82, 2.24) is 14.8 Å². The zero-order chi connectivity index (χ0) is 13.7. The third kappa shape index (κ3) is 1.53. The van der Waals surface area contributed by atoms with Crippen molar-refractivity contribution in [2.45, 2.75) is 12.2 Å². The summed E-state index contributed by atoms with van der Waals surface area (Å²) in [5.74, 6) is 0.0933. The normalized spacial score (nSPS) is 24.6. The lowest BCUT2D eigenvalue weighted by atomic mass is 9.96. The molecule has 2 aliphatic heterocycles. The van der Waals surface area contributed by atoms with Crippen LogP contribution in [-0.4, -0.2) is 28.5 Å². The Hall–Kier alpha value is -1.59. The molecule has 0 radical (unpaired) electrons. The zero-order valence-electron chi connectivity index (χ0n) is 10.8. The smallest absolute Gasteiger partial charge is 0.272 e. The Bertz CT molecular complexity index is 682. The molecule has 1 amide bonds. The van der Waals surface area contributed by atoms with E-state index in [0.717, 1.165) is 35.4 Å². The van der Waals surface area contributed by atoms with E-state index in [9.17, 15) is 4.79 Å². The number of carbonyl (C=O) groups is 1. The molecule has 0 bridgehead atoms. The summed E-state index contributed by atoms with van der Waals surface area (Å²) in [6.45, 7) is 2.31. The SMILES string of the molecule is O=C1c2cc(Br)cn2CC2(c3ccccc3)NCCN12. The summed E-state index contributed by atoms with van der Waals surface area (Å²) in [7, 11) is 0. The average Bonchev–Trinajstić information content (AvgIpc) is 3.04. The van der Waals surface area contributed by atoms with Gasteiger partial charge in [-0.15, -0.1) is 0 Å². The van der Waals surface area contributed by atoms with Gasteiger partial charge in [-0.05, 0) is 27.6 Å². The van der Waals surface area contributed by atoms with Crippen molar-refractivity contribution in [3.05, 3.63) is 58.3 Å². The first-order valence-electron chi connectivity index (χ1n) is 6.69. The number of hydrogen-bond donors (Lipinski definition) is 1. The van der Waals surface area contributed by atoms with E-state index in [0.29, 0.717) is 0 Å². The molecule has 1 unspecified atom stereocenters. The molecule has 4 nitrogen and oxygen atoms in total. The highest BCUT2D eigenvalue weighted by Crippen LogP contribution is 2.37. The van der Waals surface area contributed by atoms with Crippen molar-refractivity contribution >= 4 is 21.8 Å². The molecule has 0 saturated carbocycles. The van der Waals surface area contributed by atoms with Crippen LogP contribution in [0.1, 0.15) is 16.1 Å². The maximum Gasteiger partial charge on any atom is 0.272 e. The minimum absolute atomic E-state index is 0.0933. The van der Waals surface area contributed by atoms with Crippen LogP contribution in [0, 0.1) is 0 Å². The molecule has 2 aromatic rings. The number of amides is 1. The van der Waals surface area contributed by atoms with Crippen LogP contribution in [0.5, 0.6) is 0 Å². The summed E-state index contributed by atoms with van der Waals surface area (Å²) in [5.41, 5.74) is 1.48. The summed E-state index contributed by atoms with van der Waals surface area (Å²) in [5, 5.41) is 3.54. The number of hydrogen-bond acceptors (Lipinski definition) is 2. The van der Waals surface area contributed by atoms with Gasteiger partial charge in [0, 0.05) is 23.8 Å². The Balaban J connectivity index is 1.89. The topological polar surface area (TPSA) is 37.3 Å². The van der Waals surface area contributed by atoms with Gasteiger partial charge >= 0.3 is 0 Å². The lowest BCUT2D eigenvalue weighted by Crippen LogP contribution is -2.57. The molecule has 0 spiro atoms. The predicted molar refractivity (Wildman–Crippen MR) is 79.3 cm³/mol. The van der Waals surface area contributed by atoms with Crippen LogP contribution in [0.2, 0.25) is 0 Å². The van der Waals surface area contributed by atoms with Gasteiger partial charge in [-0.3, -0.25) is 10.1 Å². The van der Waals surface area contributed by atoms with Gasteiger partial charge in [-0.1, -0.05) is 30.3 Å². The fraction of sp³-hybridized carbons (Fsp3) is 0.267. The van der Waals surface area contributed by atoms with Crippen LogP contribution in [0.25, 0.3) is 0 Å². The van der Waals surface area contributed by atoms with Gasteiger partial charge in [0.15, 0.2) is 0 Å². The number of benzene rings is 1. The largest absolute Gasteiger partial charge is 0.338 e. The highest BCUT2D eigenvalue weighted by Gasteiger charge is 2.49. The molecule has 2 aliphatic rings. The predicted octanol–water partition coefficient (Wildman–Crippen LogP) is 2.16. The highest BCUT2D eigenvalue weighted by atomic mass is 79.9. The minimum atomic E-state index is -0.413. The fourth-order valence-electron chi connectivity index (χ4n) is 3.31. The zero-order valence-corrected chi connectivity index (χ0v) is 12.4. The number of fused-ring (bicyclic) bond motifs is 2. The first kappa shape index (κ1) is 12.2. The number of aromatic nitrogens is 1. The van der Waals surface area contributed by atoms with Crippen LogP contribution in [0.4, 0.5) is 0 Å². The van der Waals surface area contributed by atoms with Crippen molar-refractivity contribution in [3.8, 4) is 0 Å². The second-order valence-corrected chi connectivity index (χ2v) is 6.20. The van der Waals surface area contributed by atoms with E-state index >= 15 is 0 Å². The maximum atomic E-state index is 12.7. The molecule has 1 aromatic carbocycles. The molecule has 102 valence electrons. The molecule has 0 aliphatic carbocycles. The Morgan fingerprint density at radius 2 is 2.05 bits per heavy atom. The van der Waals surface area contributed by atoms with Crippen LogP contribution in [0.3, 0.4) is 0 Å². The van der Waals surface area contributed by atoms with Crippen molar-refractivity contribution in [3.63, 3.8) is 0 Å². The number of rotatable bonds is 1. The first-order chi connectivity index (χ1) is 9.71. The monoisotopic (exact) mass is 331 g/mol. The quantitative estimate of drug-likeness (QED) is 0.869. The highest BCUT2D eigenvalue weighted by molar-refractivity contribution is 9.10. The lowest BCUT2D eigenvalue weighted by Gasteiger charge is -2.42. The van der Waals surface area contributed by atoms with Crippen LogP contribution in [0.15, 0.2) is 47.1 Å². The van der Waals surface area contributed by atoms with Crippen LogP contribution < -0.4 is 5.32 Å². The maximum absolute atomic E-state index is 12.7. The third-order valence-electron chi connectivity index (χ3n) is 4.19. The van der Waals surface area contributed by atoms with E-state index in [1.807, 2.05) is 39.9 Å². The van der Waals surface area contributed by atoms with E-state index in [4.69, 9.17) is 0 Å². The van der Waals surface area contributed by atoms with E-state index < -0.39 is 5.66 Å². The molecular formula is C15H14BrN3O. The van der Waals surface area contributed by atoms with Gasteiger partial charge in [-0.25, -0.2) is 0 Å². The Labute approximate surface area is 125 Å². The second kappa shape index (κ2) is 4.20.